The van der Waals surface area contributed by atoms with Crippen molar-refractivity contribution in [2.45, 2.75) is 0 Å². The molecule has 0 radical (unpaired) electrons. The van der Waals surface area contributed by atoms with E-state index in [0.29, 0.717) is 0 Å². The second kappa shape index (κ2) is 2.15. The van der Waals surface area contributed by atoms with E-state index in [-0.39, 0.29) is 4.94 Å². The van der Waals surface area contributed by atoms with Crippen LogP contribution in [0.5, 0.6) is 0 Å². The van der Waals surface area contributed by atoms with Crippen LogP contribution in [0.4, 0.5) is 9.01 Å². The van der Waals surface area contributed by atoms with Crippen molar-refractivity contribution in [3.05, 3.63) is 0 Å². The summed E-state index contributed by atoms with van der Waals surface area (Å²) < 4.78 is 41.6. The lowest BCUT2D eigenvalue weighted by Gasteiger charge is -1.83. The Morgan fingerprint density at radius 3 is 2.00 bits per heavy atom. The molecule has 0 rings (SSSR count). The summed E-state index contributed by atoms with van der Waals surface area (Å²) in [6.07, 6.45) is 0. The first-order valence-corrected chi connectivity index (χ1v) is 2.46. The molecule has 0 heterocycles. The Bertz CT molecular complexity index is 116. The number of hydrogen-bond donors (Lipinski definition) is 1. The highest BCUT2D eigenvalue weighted by Crippen LogP contribution is 1.84. The van der Waals surface area contributed by atoms with E-state index < -0.39 is 10.3 Å². The number of rotatable bonds is 2. The Kier molecular flexibility index (Phi) is 2.06. The molecule has 1 N–H and O–H groups in total. The number of hydrogen-bond acceptors (Lipinski definition) is 3. The van der Waals surface area contributed by atoms with Crippen LogP contribution in [0.2, 0.25) is 0 Å². The lowest BCUT2D eigenvalue weighted by Crippen LogP contribution is -2.13. The Labute approximate surface area is 38.2 Å². The lowest BCUT2D eigenvalue weighted by molar-refractivity contribution is -0.00307. The van der Waals surface area contributed by atoms with Gasteiger partial charge in [0.1, 0.15) is 0 Å². The first-order valence-electron chi connectivity index (χ1n) is 1.05. The maximum atomic E-state index is 10.6. The van der Waals surface area contributed by atoms with E-state index >= 15 is 0 Å². The zero-order valence-electron chi connectivity index (χ0n) is 2.89. The summed E-state index contributed by atoms with van der Waals surface area (Å²) >= 11 is 0. The summed E-state index contributed by atoms with van der Waals surface area (Å²) in [6, 6.07) is 0. The van der Waals surface area contributed by atoms with Crippen LogP contribution in [0.3, 0.4) is 0 Å². The van der Waals surface area contributed by atoms with E-state index in [4.69, 9.17) is 0 Å². The zero-order chi connectivity index (χ0) is 5.91. The molecule has 44 valence electrons. The molecule has 7 heteroatoms. The molecule has 0 unspecified atom stereocenters. The van der Waals surface area contributed by atoms with Crippen LogP contribution in [-0.4, -0.2) is 8.42 Å². The van der Waals surface area contributed by atoms with Crippen LogP contribution >= 0.6 is 0 Å². The van der Waals surface area contributed by atoms with Gasteiger partial charge in [-0.1, -0.05) is 0 Å². The van der Waals surface area contributed by atoms with Crippen molar-refractivity contribution in [3.8, 4) is 0 Å². The average molecular weight is 133 g/mol. The Hall–Kier alpha value is -0.270. The Morgan fingerprint density at radius 2 is 2.00 bits per heavy atom. The van der Waals surface area contributed by atoms with Crippen molar-refractivity contribution in [1.29, 1.82) is 0 Å². The highest BCUT2D eigenvalue weighted by Gasteiger charge is 2.07. The van der Waals surface area contributed by atoms with Crippen molar-refractivity contribution < 1.29 is 21.8 Å². The summed E-state index contributed by atoms with van der Waals surface area (Å²) in [5, 5.41) is 0. The molecule has 0 aliphatic carbocycles. The standard InChI is InChI=1S/F2HNO3S/c1-3-7(4,5)6-2/h3H. The summed E-state index contributed by atoms with van der Waals surface area (Å²) in [4.78, 5) is 0.0660. The molecule has 0 amide bonds. The number of halogens is 2. The minimum atomic E-state index is -4.74. The fraction of sp³-hybridized carbons (Fsp3) is 0. The molecule has 0 aromatic carbocycles. The largest absolute Gasteiger partial charge is 0.392 e. The molecular weight excluding hydrogens is 132 g/mol. The van der Waals surface area contributed by atoms with E-state index in [1.807, 2.05) is 0 Å². The quantitative estimate of drug-likeness (QED) is 0.522. The smallest absolute Gasteiger partial charge is 0.177 e. The van der Waals surface area contributed by atoms with Crippen LogP contribution in [-0.2, 0) is 14.7 Å². The second-order valence-electron chi connectivity index (χ2n) is 0.594. The van der Waals surface area contributed by atoms with E-state index in [9.17, 15) is 17.4 Å². The molecule has 0 aromatic heterocycles. The molecule has 0 fully saturated rings. The molecule has 0 saturated carbocycles. The van der Waals surface area contributed by atoms with Gasteiger partial charge in [-0.25, -0.2) is 0 Å². The molecule has 0 aliphatic heterocycles. The highest BCUT2D eigenvalue weighted by atomic mass is 32.2. The van der Waals surface area contributed by atoms with Gasteiger partial charge < -0.3 is 0 Å². The second-order valence-corrected chi connectivity index (χ2v) is 1.78. The van der Waals surface area contributed by atoms with Gasteiger partial charge in [0.05, 0.1) is 0 Å². The van der Waals surface area contributed by atoms with Gasteiger partial charge in [-0.2, -0.15) is 8.42 Å². The highest BCUT2D eigenvalue weighted by molar-refractivity contribution is 7.84. The Balaban J connectivity index is 3.89. The van der Waals surface area contributed by atoms with Crippen molar-refractivity contribution in [2.75, 3.05) is 0 Å². The summed E-state index contributed by atoms with van der Waals surface area (Å²) in [6.45, 7) is 0. The third kappa shape index (κ3) is 2.43. The minimum absolute atomic E-state index is 0.0660. The average Bonchev–Trinajstić information content (AvgIpc) is 1.68. The SMILES string of the molecule is O=S(=O)(NF)OF. The van der Waals surface area contributed by atoms with E-state index in [0.717, 1.165) is 0 Å². The zero-order valence-corrected chi connectivity index (χ0v) is 3.71. The molecule has 0 aliphatic rings. The van der Waals surface area contributed by atoms with E-state index in [1.165, 1.54) is 0 Å². The molecule has 0 spiro atoms. The predicted octanol–water partition coefficient (Wildman–Crippen LogP) is -0.394. The molecular formula is HF2NO3S. The third-order valence-electron chi connectivity index (χ3n) is 0.177. The minimum Gasteiger partial charge on any atom is -0.177 e. The molecule has 7 heavy (non-hydrogen) atoms. The summed E-state index contributed by atoms with van der Waals surface area (Å²) in [5.74, 6) is 0. The van der Waals surface area contributed by atoms with Crippen LogP contribution in [0.25, 0.3) is 0 Å². The topological polar surface area (TPSA) is 55.4 Å². The monoisotopic (exact) mass is 133 g/mol. The molecule has 0 atom stereocenters. The van der Waals surface area contributed by atoms with Gasteiger partial charge in [0, 0.05) is 0 Å². The lowest BCUT2D eigenvalue weighted by atomic mass is 13.8. The maximum Gasteiger partial charge on any atom is 0.392 e. The summed E-state index contributed by atoms with van der Waals surface area (Å²) in [7, 11) is -4.74. The predicted molar refractivity (Wildman–Crippen MR) is 15.4 cm³/mol. The van der Waals surface area contributed by atoms with Crippen molar-refractivity contribution in [3.63, 3.8) is 0 Å². The first kappa shape index (κ1) is 6.73. The van der Waals surface area contributed by atoms with Crippen molar-refractivity contribution in [2.24, 2.45) is 0 Å². The van der Waals surface area contributed by atoms with Gasteiger partial charge in [0.25, 0.3) is 0 Å². The first-order chi connectivity index (χ1) is 3.12. The van der Waals surface area contributed by atoms with Gasteiger partial charge in [-0.15, -0.1) is 4.48 Å². The van der Waals surface area contributed by atoms with Crippen LogP contribution in [0.15, 0.2) is 0 Å². The molecule has 4 nitrogen and oxygen atoms in total. The summed E-state index contributed by atoms with van der Waals surface area (Å²) in [5.41, 5.74) is 0. The van der Waals surface area contributed by atoms with Gasteiger partial charge in [0.2, 0.25) is 0 Å². The molecule has 0 saturated heterocycles. The maximum absolute atomic E-state index is 10.6. The molecule has 0 aromatic rings. The normalized spacial score (nSPS) is 11.7. The fourth-order valence-corrected chi connectivity index (χ4v) is 0.0357. The van der Waals surface area contributed by atoms with Crippen LogP contribution in [0.1, 0.15) is 0 Å². The third-order valence-corrected chi connectivity index (χ3v) is 0.532. The van der Waals surface area contributed by atoms with E-state index in [2.05, 4.69) is 4.39 Å². The van der Waals surface area contributed by atoms with Gasteiger partial charge in [-0.05, 0) is 13.9 Å². The van der Waals surface area contributed by atoms with E-state index in [1.54, 1.807) is 0 Å². The van der Waals surface area contributed by atoms with Crippen LogP contribution < -0.4 is 4.94 Å². The fourth-order valence-electron chi connectivity index (χ4n) is 0.0119. The van der Waals surface area contributed by atoms with Gasteiger partial charge in [-0.3, -0.25) is 0 Å². The van der Waals surface area contributed by atoms with Crippen molar-refractivity contribution >= 4 is 10.3 Å². The van der Waals surface area contributed by atoms with Crippen LogP contribution in [0, 0.1) is 0 Å². The molecule has 0 bridgehead atoms. The number of nitrogens with one attached hydrogen (secondary N) is 1. The van der Waals surface area contributed by atoms with Gasteiger partial charge >= 0.3 is 10.3 Å². The Morgan fingerprint density at radius 1 is 1.57 bits per heavy atom. The van der Waals surface area contributed by atoms with Crippen molar-refractivity contribution in [1.82, 2.24) is 4.94 Å². The van der Waals surface area contributed by atoms with Gasteiger partial charge in [0.15, 0.2) is 0 Å².